The van der Waals surface area contributed by atoms with Crippen LogP contribution in [0.2, 0.25) is 0 Å². The lowest BCUT2D eigenvalue weighted by atomic mass is 10.1. The normalized spacial score (nSPS) is 13.7. The van der Waals surface area contributed by atoms with Gasteiger partial charge in [-0.25, -0.2) is 4.68 Å². The molecular weight excluding hydrogens is 424 g/mol. The molecule has 3 aromatic heterocycles. The van der Waals surface area contributed by atoms with Crippen LogP contribution in [0.4, 0.5) is 0 Å². The summed E-state index contributed by atoms with van der Waals surface area (Å²) in [6.07, 6.45) is 1.64. The van der Waals surface area contributed by atoms with Crippen molar-refractivity contribution in [1.29, 1.82) is 0 Å². The molecular formula is C23H26N6O4. The summed E-state index contributed by atoms with van der Waals surface area (Å²) < 4.78 is 18.7. The molecule has 0 amide bonds. The smallest absolute Gasteiger partial charge is 0.252 e. The standard InChI is InChI=1S/C23H26N6O4/c1-23(2,3)29-21(25-26-27-29)14-28(13-17-5-4-6-31-17)12-16-9-15-10-19-20(33-8-7-32-19)11-18(15)24-22(16)30/h4-6,9-11H,7-8,12-14H2,1-3H3,(H,24,30). The Bertz CT molecular complexity index is 1320. The van der Waals surface area contributed by atoms with Crippen molar-refractivity contribution in [3.63, 3.8) is 0 Å². The molecule has 5 rings (SSSR count). The molecule has 1 aliphatic rings. The van der Waals surface area contributed by atoms with Crippen LogP contribution in [-0.2, 0) is 25.2 Å². The number of rotatable bonds is 6. The molecule has 0 fully saturated rings. The van der Waals surface area contributed by atoms with Crippen LogP contribution in [0.25, 0.3) is 10.9 Å². The molecule has 0 saturated carbocycles. The fourth-order valence-electron chi connectivity index (χ4n) is 3.96. The molecule has 33 heavy (non-hydrogen) atoms. The summed E-state index contributed by atoms with van der Waals surface area (Å²) in [6, 6.07) is 9.37. The molecule has 0 radical (unpaired) electrons. The highest BCUT2D eigenvalue weighted by atomic mass is 16.6. The Hall–Kier alpha value is -3.66. The molecule has 4 heterocycles. The van der Waals surface area contributed by atoms with Crippen molar-refractivity contribution >= 4 is 10.9 Å². The molecule has 4 aromatic rings. The first kappa shape index (κ1) is 21.2. The molecule has 0 atom stereocenters. The maximum Gasteiger partial charge on any atom is 0.252 e. The maximum atomic E-state index is 12.9. The Morgan fingerprint density at radius 1 is 1.09 bits per heavy atom. The summed E-state index contributed by atoms with van der Waals surface area (Å²) in [5, 5.41) is 13.1. The van der Waals surface area contributed by atoms with Crippen LogP contribution in [0.15, 0.2) is 45.8 Å². The SMILES string of the molecule is CC(C)(C)n1nnnc1CN(Cc1ccco1)Cc1cc2cc3c(cc2[nH]c1=O)OCCO3. The second kappa shape index (κ2) is 8.36. The van der Waals surface area contributed by atoms with Crippen LogP contribution in [0.5, 0.6) is 11.5 Å². The number of aromatic amines is 1. The number of hydrogen-bond acceptors (Lipinski definition) is 8. The zero-order chi connectivity index (χ0) is 23.0. The van der Waals surface area contributed by atoms with Crippen molar-refractivity contribution < 1.29 is 13.9 Å². The number of nitrogens with one attached hydrogen (secondary N) is 1. The number of nitrogens with zero attached hydrogens (tertiary/aromatic N) is 5. The number of pyridine rings is 1. The van der Waals surface area contributed by atoms with E-state index in [2.05, 4.69) is 25.4 Å². The Kier molecular flexibility index (Phi) is 5.37. The number of aromatic nitrogens is 5. The van der Waals surface area contributed by atoms with Crippen molar-refractivity contribution in [3.8, 4) is 11.5 Å². The van der Waals surface area contributed by atoms with Crippen LogP contribution >= 0.6 is 0 Å². The van der Waals surface area contributed by atoms with Gasteiger partial charge >= 0.3 is 0 Å². The van der Waals surface area contributed by atoms with Crippen LogP contribution in [-0.4, -0.2) is 43.3 Å². The number of ether oxygens (including phenoxy) is 2. The molecule has 0 unspecified atom stereocenters. The molecule has 10 heteroatoms. The first-order valence-corrected chi connectivity index (χ1v) is 10.8. The van der Waals surface area contributed by atoms with Gasteiger partial charge in [-0.05, 0) is 55.5 Å². The van der Waals surface area contributed by atoms with Gasteiger partial charge in [-0.2, -0.15) is 0 Å². The lowest BCUT2D eigenvalue weighted by Crippen LogP contribution is -2.31. The zero-order valence-electron chi connectivity index (χ0n) is 18.9. The van der Waals surface area contributed by atoms with E-state index in [0.717, 1.165) is 11.1 Å². The van der Waals surface area contributed by atoms with Crippen LogP contribution in [0.3, 0.4) is 0 Å². The Labute approximate surface area is 190 Å². The Balaban J connectivity index is 1.47. The van der Waals surface area contributed by atoms with Crippen molar-refractivity contribution in [2.45, 2.75) is 45.9 Å². The summed E-state index contributed by atoms with van der Waals surface area (Å²) in [6.45, 7) is 8.48. The van der Waals surface area contributed by atoms with Crippen LogP contribution in [0.1, 0.15) is 37.9 Å². The minimum Gasteiger partial charge on any atom is -0.486 e. The molecule has 1 N–H and O–H groups in total. The second-order valence-electron chi connectivity index (χ2n) is 9.11. The number of fused-ring (bicyclic) bond motifs is 2. The van der Waals surface area contributed by atoms with E-state index in [0.29, 0.717) is 61.3 Å². The minimum absolute atomic E-state index is 0.154. The molecule has 0 spiro atoms. The molecule has 10 nitrogen and oxygen atoms in total. The van der Waals surface area contributed by atoms with E-state index in [9.17, 15) is 4.79 Å². The van der Waals surface area contributed by atoms with Gasteiger partial charge in [0.2, 0.25) is 0 Å². The third kappa shape index (κ3) is 4.47. The van der Waals surface area contributed by atoms with E-state index in [4.69, 9.17) is 13.9 Å². The van der Waals surface area contributed by atoms with E-state index in [1.54, 1.807) is 10.9 Å². The molecule has 0 saturated heterocycles. The number of hydrogen-bond donors (Lipinski definition) is 1. The Morgan fingerprint density at radius 3 is 2.61 bits per heavy atom. The van der Waals surface area contributed by atoms with E-state index in [1.165, 1.54) is 0 Å². The number of tetrazole rings is 1. The maximum absolute atomic E-state index is 12.9. The van der Waals surface area contributed by atoms with E-state index in [1.807, 2.05) is 51.1 Å². The van der Waals surface area contributed by atoms with Gasteiger partial charge < -0.3 is 18.9 Å². The number of benzene rings is 1. The largest absolute Gasteiger partial charge is 0.486 e. The molecule has 0 aliphatic carbocycles. The third-order valence-corrected chi connectivity index (χ3v) is 5.47. The van der Waals surface area contributed by atoms with Crippen LogP contribution < -0.4 is 15.0 Å². The average Bonchev–Trinajstić information content (AvgIpc) is 3.45. The first-order chi connectivity index (χ1) is 15.9. The highest BCUT2D eigenvalue weighted by molar-refractivity contribution is 5.83. The highest BCUT2D eigenvalue weighted by Crippen LogP contribution is 2.33. The summed E-state index contributed by atoms with van der Waals surface area (Å²) in [4.78, 5) is 18.0. The van der Waals surface area contributed by atoms with Gasteiger partial charge in [0, 0.05) is 23.6 Å². The summed E-state index contributed by atoms with van der Waals surface area (Å²) in [5.74, 6) is 2.83. The van der Waals surface area contributed by atoms with Gasteiger partial charge in [0.1, 0.15) is 19.0 Å². The monoisotopic (exact) mass is 450 g/mol. The molecule has 1 aromatic carbocycles. The first-order valence-electron chi connectivity index (χ1n) is 10.8. The molecule has 172 valence electrons. The zero-order valence-corrected chi connectivity index (χ0v) is 18.9. The van der Waals surface area contributed by atoms with Gasteiger partial charge in [0.05, 0.1) is 30.4 Å². The van der Waals surface area contributed by atoms with Crippen molar-refractivity contribution in [2.75, 3.05) is 13.2 Å². The van der Waals surface area contributed by atoms with Crippen molar-refractivity contribution in [2.24, 2.45) is 0 Å². The lowest BCUT2D eigenvalue weighted by Gasteiger charge is -2.24. The average molecular weight is 450 g/mol. The Morgan fingerprint density at radius 2 is 1.88 bits per heavy atom. The van der Waals surface area contributed by atoms with Gasteiger partial charge in [-0.1, -0.05) is 0 Å². The van der Waals surface area contributed by atoms with Crippen LogP contribution in [0, 0.1) is 0 Å². The number of H-pyrrole nitrogens is 1. The predicted octanol–water partition coefficient (Wildman–Crippen LogP) is 2.84. The van der Waals surface area contributed by atoms with E-state index < -0.39 is 0 Å². The fraction of sp³-hybridized carbons (Fsp3) is 0.391. The second-order valence-corrected chi connectivity index (χ2v) is 9.11. The fourth-order valence-corrected chi connectivity index (χ4v) is 3.96. The van der Waals surface area contributed by atoms with E-state index in [-0.39, 0.29) is 11.1 Å². The molecule has 0 bridgehead atoms. The summed E-state index contributed by atoms with van der Waals surface area (Å²) in [7, 11) is 0. The summed E-state index contributed by atoms with van der Waals surface area (Å²) in [5.41, 5.74) is 0.915. The predicted molar refractivity (Wildman–Crippen MR) is 120 cm³/mol. The van der Waals surface area contributed by atoms with Gasteiger partial charge in [-0.15, -0.1) is 5.10 Å². The lowest BCUT2D eigenvalue weighted by molar-refractivity contribution is 0.172. The molecule has 1 aliphatic heterocycles. The number of furan rings is 1. The minimum atomic E-state index is -0.267. The van der Waals surface area contributed by atoms with Crippen molar-refractivity contribution in [3.05, 3.63) is 64.1 Å². The highest BCUT2D eigenvalue weighted by Gasteiger charge is 2.23. The topological polar surface area (TPSA) is 111 Å². The van der Waals surface area contributed by atoms with Gasteiger partial charge in [0.25, 0.3) is 5.56 Å². The van der Waals surface area contributed by atoms with E-state index >= 15 is 0 Å². The summed E-state index contributed by atoms with van der Waals surface area (Å²) >= 11 is 0. The quantitative estimate of drug-likeness (QED) is 0.477. The van der Waals surface area contributed by atoms with Crippen molar-refractivity contribution in [1.82, 2.24) is 30.1 Å². The van der Waals surface area contributed by atoms with Gasteiger partial charge in [0.15, 0.2) is 17.3 Å². The third-order valence-electron chi connectivity index (χ3n) is 5.47. The van der Waals surface area contributed by atoms with Gasteiger partial charge in [-0.3, -0.25) is 9.69 Å².